The van der Waals surface area contributed by atoms with Gasteiger partial charge in [0, 0.05) is 31.7 Å². The number of aromatic nitrogens is 1. The number of fused-ring (bicyclic) bond motifs is 1. The molecule has 2 aromatic rings. The van der Waals surface area contributed by atoms with Crippen molar-refractivity contribution in [3.8, 4) is 12.3 Å². The number of carbonyl (C=O) groups excluding carboxylic acids is 1. The van der Waals surface area contributed by atoms with Gasteiger partial charge >= 0.3 is 0 Å². The molecule has 1 aliphatic heterocycles. The lowest BCUT2D eigenvalue weighted by Crippen LogP contribution is -2.48. The molecule has 6 heteroatoms. The van der Waals surface area contributed by atoms with Crippen molar-refractivity contribution in [3.05, 3.63) is 23.8 Å². The van der Waals surface area contributed by atoms with Gasteiger partial charge in [0.1, 0.15) is 0 Å². The fourth-order valence-electron chi connectivity index (χ4n) is 2.50. The summed E-state index contributed by atoms with van der Waals surface area (Å²) in [6.07, 6.45) is 5.31. The van der Waals surface area contributed by atoms with Crippen LogP contribution in [0.25, 0.3) is 10.2 Å². The van der Waals surface area contributed by atoms with Crippen LogP contribution in [-0.4, -0.2) is 53.4 Å². The number of nitrogens with zero attached hydrogens (tertiary/aromatic N) is 3. The summed E-state index contributed by atoms with van der Waals surface area (Å²) < 4.78 is 0.948. The van der Waals surface area contributed by atoms with E-state index >= 15 is 0 Å². The molecule has 0 bridgehead atoms. The maximum Gasteiger partial charge on any atom is 0.253 e. The SMILES string of the molecule is C#CCN1CCN(C(=O)c2ccc3nc(N)sc3c2)CC1. The van der Waals surface area contributed by atoms with Crippen molar-refractivity contribution in [3.63, 3.8) is 0 Å². The van der Waals surface area contributed by atoms with Gasteiger partial charge in [-0.05, 0) is 18.2 Å². The second-order valence-corrected chi connectivity index (χ2v) is 6.07. The average Bonchev–Trinajstić information content (AvgIpc) is 2.86. The van der Waals surface area contributed by atoms with Crippen LogP contribution in [-0.2, 0) is 0 Å². The predicted molar refractivity (Wildman–Crippen MR) is 85.2 cm³/mol. The first-order valence-corrected chi connectivity index (χ1v) is 7.60. The summed E-state index contributed by atoms with van der Waals surface area (Å²) in [6, 6.07) is 5.54. The quantitative estimate of drug-likeness (QED) is 0.849. The standard InChI is InChI=1S/C15H16N4OS/c1-2-5-18-6-8-19(9-7-18)14(20)11-3-4-12-13(10-11)21-15(16)17-12/h1,3-4,10H,5-9H2,(H2,16,17). The first-order valence-electron chi connectivity index (χ1n) is 6.78. The van der Waals surface area contributed by atoms with Gasteiger partial charge in [-0.2, -0.15) is 0 Å². The summed E-state index contributed by atoms with van der Waals surface area (Å²) in [5, 5.41) is 0.525. The second-order valence-electron chi connectivity index (χ2n) is 5.01. The largest absolute Gasteiger partial charge is 0.375 e. The molecule has 5 nitrogen and oxygen atoms in total. The molecule has 0 unspecified atom stereocenters. The Kier molecular flexibility index (Phi) is 3.78. The van der Waals surface area contributed by atoms with Gasteiger partial charge in [-0.15, -0.1) is 6.42 Å². The van der Waals surface area contributed by atoms with E-state index in [0.29, 0.717) is 30.3 Å². The van der Waals surface area contributed by atoms with Crippen LogP contribution in [0.5, 0.6) is 0 Å². The van der Waals surface area contributed by atoms with Gasteiger partial charge in [0.05, 0.1) is 16.8 Å². The van der Waals surface area contributed by atoms with Crippen molar-refractivity contribution in [1.29, 1.82) is 0 Å². The zero-order chi connectivity index (χ0) is 14.8. The Bertz CT molecular complexity index is 710. The Hall–Kier alpha value is -2.10. The lowest BCUT2D eigenvalue weighted by molar-refractivity contribution is 0.0652. The van der Waals surface area contributed by atoms with Crippen molar-refractivity contribution < 1.29 is 4.79 Å². The minimum atomic E-state index is 0.0595. The zero-order valence-corrected chi connectivity index (χ0v) is 12.4. The van der Waals surface area contributed by atoms with Gasteiger partial charge < -0.3 is 10.6 Å². The second kappa shape index (κ2) is 5.72. The smallest absolute Gasteiger partial charge is 0.253 e. The Morgan fingerprint density at radius 3 is 2.86 bits per heavy atom. The number of piperazine rings is 1. The molecule has 3 rings (SSSR count). The molecular formula is C15H16N4OS. The molecule has 0 radical (unpaired) electrons. The van der Waals surface area contributed by atoms with E-state index in [0.717, 1.165) is 23.3 Å². The zero-order valence-electron chi connectivity index (χ0n) is 11.6. The van der Waals surface area contributed by atoms with Crippen LogP contribution < -0.4 is 5.73 Å². The Morgan fingerprint density at radius 1 is 1.38 bits per heavy atom. The molecular weight excluding hydrogens is 284 g/mol. The van der Waals surface area contributed by atoms with Crippen LogP contribution in [0.1, 0.15) is 10.4 Å². The maximum atomic E-state index is 12.5. The normalized spacial score (nSPS) is 16.0. The third-order valence-electron chi connectivity index (χ3n) is 3.63. The topological polar surface area (TPSA) is 62.5 Å². The summed E-state index contributed by atoms with van der Waals surface area (Å²) in [5.41, 5.74) is 7.23. The molecule has 1 amide bonds. The molecule has 1 aromatic heterocycles. The third kappa shape index (κ3) is 2.84. The molecule has 108 valence electrons. The number of amides is 1. The first kappa shape index (κ1) is 13.9. The van der Waals surface area contributed by atoms with Crippen molar-refractivity contribution in [2.45, 2.75) is 0 Å². The molecule has 21 heavy (non-hydrogen) atoms. The highest BCUT2D eigenvalue weighted by Crippen LogP contribution is 2.25. The highest BCUT2D eigenvalue weighted by atomic mass is 32.1. The van der Waals surface area contributed by atoms with E-state index in [1.165, 1.54) is 11.3 Å². The number of hydrogen-bond acceptors (Lipinski definition) is 5. The minimum Gasteiger partial charge on any atom is -0.375 e. The van der Waals surface area contributed by atoms with E-state index in [4.69, 9.17) is 12.2 Å². The van der Waals surface area contributed by atoms with E-state index in [1.807, 2.05) is 23.1 Å². The molecule has 1 aliphatic rings. The maximum absolute atomic E-state index is 12.5. The number of benzene rings is 1. The van der Waals surface area contributed by atoms with Crippen molar-refractivity contribution >= 4 is 32.6 Å². The molecule has 0 spiro atoms. The number of nitrogens with two attached hydrogens (primary N) is 1. The molecule has 1 fully saturated rings. The molecule has 0 saturated carbocycles. The summed E-state index contributed by atoms with van der Waals surface area (Å²) in [5.74, 6) is 2.70. The monoisotopic (exact) mass is 300 g/mol. The summed E-state index contributed by atoms with van der Waals surface area (Å²) in [7, 11) is 0. The number of hydrogen-bond donors (Lipinski definition) is 1. The Labute approximate surface area is 127 Å². The summed E-state index contributed by atoms with van der Waals surface area (Å²) in [6.45, 7) is 3.72. The lowest BCUT2D eigenvalue weighted by Gasteiger charge is -2.33. The van der Waals surface area contributed by atoms with E-state index in [-0.39, 0.29) is 5.91 Å². The fraction of sp³-hybridized carbons (Fsp3) is 0.333. The highest BCUT2D eigenvalue weighted by molar-refractivity contribution is 7.22. The molecule has 0 atom stereocenters. The van der Waals surface area contributed by atoms with Gasteiger partial charge in [-0.25, -0.2) is 4.98 Å². The number of rotatable bonds is 2. The average molecular weight is 300 g/mol. The number of carbonyl (C=O) groups is 1. The van der Waals surface area contributed by atoms with Crippen LogP contribution >= 0.6 is 11.3 Å². The Morgan fingerprint density at radius 2 is 2.14 bits per heavy atom. The number of anilines is 1. The summed E-state index contributed by atoms with van der Waals surface area (Å²) >= 11 is 1.40. The molecule has 1 saturated heterocycles. The van der Waals surface area contributed by atoms with Crippen molar-refractivity contribution in [1.82, 2.24) is 14.8 Å². The van der Waals surface area contributed by atoms with E-state index in [9.17, 15) is 4.79 Å². The molecule has 2 heterocycles. The number of nitrogen functional groups attached to an aromatic ring is 1. The number of thiazole rings is 1. The van der Waals surface area contributed by atoms with Crippen LogP contribution in [0.4, 0.5) is 5.13 Å². The van der Waals surface area contributed by atoms with Crippen molar-refractivity contribution in [2.75, 3.05) is 38.5 Å². The van der Waals surface area contributed by atoms with E-state index in [2.05, 4.69) is 15.8 Å². The minimum absolute atomic E-state index is 0.0595. The predicted octanol–water partition coefficient (Wildman–Crippen LogP) is 1.27. The summed E-state index contributed by atoms with van der Waals surface area (Å²) in [4.78, 5) is 20.8. The van der Waals surface area contributed by atoms with Crippen LogP contribution in [0.2, 0.25) is 0 Å². The van der Waals surface area contributed by atoms with Gasteiger partial charge in [-0.1, -0.05) is 17.3 Å². The van der Waals surface area contributed by atoms with Gasteiger partial charge in [0.25, 0.3) is 5.91 Å². The molecule has 1 aromatic carbocycles. The van der Waals surface area contributed by atoms with Crippen LogP contribution in [0, 0.1) is 12.3 Å². The van der Waals surface area contributed by atoms with Gasteiger partial charge in [0.2, 0.25) is 0 Å². The van der Waals surface area contributed by atoms with Crippen LogP contribution in [0.3, 0.4) is 0 Å². The van der Waals surface area contributed by atoms with Crippen molar-refractivity contribution in [2.24, 2.45) is 0 Å². The van der Waals surface area contributed by atoms with Gasteiger partial charge in [-0.3, -0.25) is 9.69 Å². The highest BCUT2D eigenvalue weighted by Gasteiger charge is 2.22. The molecule has 2 N–H and O–H groups in total. The third-order valence-corrected chi connectivity index (χ3v) is 4.47. The van der Waals surface area contributed by atoms with E-state index in [1.54, 1.807) is 0 Å². The number of terminal acetylenes is 1. The first-order chi connectivity index (χ1) is 10.2. The van der Waals surface area contributed by atoms with Crippen LogP contribution in [0.15, 0.2) is 18.2 Å². The molecule has 0 aliphatic carbocycles. The van der Waals surface area contributed by atoms with Gasteiger partial charge in [0.15, 0.2) is 5.13 Å². The Balaban J connectivity index is 1.73. The lowest BCUT2D eigenvalue weighted by atomic mass is 10.1. The fourth-order valence-corrected chi connectivity index (χ4v) is 3.27. The van der Waals surface area contributed by atoms with E-state index < -0.39 is 0 Å².